The summed E-state index contributed by atoms with van der Waals surface area (Å²) in [6.07, 6.45) is 3.39. The molecule has 0 saturated heterocycles. The van der Waals surface area contributed by atoms with Gasteiger partial charge < -0.3 is 5.73 Å². The summed E-state index contributed by atoms with van der Waals surface area (Å²) < 4.78 is 38.5. The van der Waals surface area contributed by atoms with Gasteiger partial charge in [-0.2, -0.15) is 0 Å². The molecule has 106 valence electrons. The molecule has 1 fully saturated rings. The third-order valence-corrected chi connectivity index (χ3v) is 6.02. The molecule has 0 amide bonds. The zero-order valence-corrected chi connectivity index (χ0v) is 11.9. The molecule has 0 radical (unpaired) electrons. The quantitative estimate of drug-likeness (QED) is 0.869. The van der Waals surface area contributed by atoms with Gasteiger partial charge in [-0.1, -0.05) is 31.9 Å². The maximum absolute atomic E-state index is 13.8. The zero-order chi connectivity index (χ0) is 14.0. The number of anilines is 1. The fraction of sp³-hybridized carbons (Fsp3) is 0.571. The van der Waals surface area contributed by atoms with Crippen LogP contribution in [0.5, 0.6) is 0 Å². The van der Waals surface area contributed by atoms with Gasteiger partial charge in [0.25, 0.3) is 0 Å². The molecule has 0 aliphatic heterocycles. The van der Waals surface area contributed by atoms with Crippen LogP contribution in [0, 0.1) is 11.7 Å². The SMILES string of the molecule is CC1CCCC(S(=O)(=O)Cc2cccc(N)c2F)C1. The van der Waals surface area contributed by atoms with Crippen molar-refractivity contribution in [1.82, 2.24) is 0 Å². The van der Waals surface area contributed by atoms with Gasteiger partial charge in [0.1, 0.15) is 5.82 Å². The van der Waals surface area contributed by atoms with Crippen molar-refractivity contribution in [3.8, 4) is 0 Å². The van der Waals surface area contributed by atoms with Crippen LogP contribution in [0.1, 0.15) is 38.2 Å². The average Bonchev–Trinajstić information content (AvgIpc) is 2.35. The van der Waals surface area contributed by atoms with Crippen molar-refractivity contribution in [3.63, 3.8) is 0 Å². The van der Waals surface area contributed by atoms with E-state index < -0.39 is 15.7 Å². The Labute approximate surface area is 113 Å². The van der Waals surface area contributed by atoms with Gasteiger partial charge in [0, 0.05) is 5.56 Å². The number of hydrogen-bond acceptors (Lipinski definition) is 3. The van der Waals surface area contributed by atoms with E-state index in [1.807, 2.05) is 0 Å². The molecule has 1 saturated carbocycles. The van der Waals surface area contributed by atoms with Crippen LogP contribution in [0.15, 0.2) is 18.2 Å². The van der Waals surface area contributed by atoms with Gasteiger partial charge in [-0.05, 0) is 24.8 Å². The first-order valence-corrected chi connectivity index (χ1v) is 8.36. The second-order valence-corrected chi connectivity index (χ2v) is 7.80. The molecule has 0 heterocycles. The maximum Gasteiger partial charge on any atom is 0.157 e. The number of hydrogen-bond donors (Lipinski definition) is 1. The highest BCUT2D eigenvalue weighted by Gasteiger charge is 2.30. The average molecular weight is 285 g/mol. The van der Waals surface area contributed by atoms with Crippen LogP contribution in [0.3, 0.4) is 0 Å². The lowest BCUT2D eigenvalue weighted by atomic mass is 9.91. The predicted octanol–water partition coefficient (Wildman–Crippen LogP) is 2.90. The minimum atomic E-state index is -3.30. The molecule has 0 aromatic heterocycles. The van der Waals surface area contributed by atoms with Crippen molar-refractivity contribution < 1.29 is 12.8 Å². The molecule has 0 bridgehead atoms. The van der Waals surface area contributed by atoms with E-state index >= 15 is 0 Å². The van der Waals surface area contributed by atoms with E-state index in [2.05, 4.69) is 6.92 Å². The summed E-state index contributed by atoms with van der Waals surface area (Å²) in [7, 11) is -3.30. The van der Waals surface area contributed by atoms with Crippen molar-refractivity contribution in [2.75, 3.05) is 5.73 Å². The van der Waals surface area contributed by atoms with Crippen molar-refractivity contribution in [1.29, 1.82) is 0 Å². The van der Waals surface area contributed by atoms with Crippen LogP contribution >= 0.6 is 0 Å². The summed E-state index contributed by atoms with van der Waals surface area (Å²) in [5, 5.41) is -0.336. The van der Waals surface area contributed by atoms with Crippen LogP contribution in [-0.4, -0.2) is 13.7 Å². The smallest absolute Gasteiger partial charge is 0.157 e. The number of halogens is 1. The molecule has 1 aliphatic rings. The molecule has 2 unspecified atom stereocenters. The van der Waals surface area contributed by atoms with Gasteiger partial charge in [-0.25, -0.2) is 12.8 Å². The summed E-state index contributed by atoms with van der Waals surface area (Å²) in [6, 6.07) is 4.52. The second-order valence-electron chi connectivity index (χ2n) is 5.52. The lowest BCUT2D eigenvalue weighted by Crippen LogP contribution is -2.28. The fourth-order valence-corrected chi connectivity index (χ4v) is 4.79. The Balaban J connectivity index is 2.19. The Morgan fingerprint density at radius 1 is 1.37 bits per heavy atom. The highest BCUT2D eigenvalue weighted by atomic mass is 32.2. The lowest BCUT2D eigenvalue weighted by Gasteiger charge is -2.26. The lowest BCUT2D eigenvalue weighted by molar-refractivity contribution is 0.381. The van der Waals surface area contributed by atoms with E-state index in [-0.39, 0.29) is 22.3 Å². The maximum atomic E-state index is 13.8. The molecule has 2 rings (SSSR count). The topological polar surface area (TPSA) is 60.2 Å². The summed E-state index contributed by atoms with van der Waals surface area (Å²) >= 11 is 0. The minimum absolute atomic E-state index is 0.00436. The zero-order valence-electron chi connectivity index (χ0n) is 11.1. The molecule has 0 spiro atoms. The first kappa shape index (κ1) is 14.3. The van der Waals surface area contributed by atoms with Crippen LogP contribution < -0.4 is 5.73 Å². The highest BCUT2D eigenvalue weighted by molar-refractivity contribution is 7.91. The largest absolute Gasteiger partial charge is 0.396 e. The molecule has 1 aromatic rings. The minimum Gasteiger partial charge on any atom is -0.396 e. The number of nitrogen functional groups attached to an aromatic ring is 1. The van der Waals surface area contributed by atoms with Crippen LogP contribution in [0.4, 0.5) is 10.1 Å². The molecule has 2 atom stereocenters. The van der Waals surface area contributed by atoms with Gasteiger partial charge in [-0.15, -0.1) is 0 Å². The van der Waals surface area contributed by atoms with Gasteiger partial charge in [-0.3, -0.25) is 0 Å². The number of nitrogens with two attached hydrogens (primary N) is 1. The van der Waals surface area contributed by atoms with E-state index in [4.69, 9.17) is 5.73 Å². The Morgan fingerprint density at radius 2 is 2.11 bits per heavy atom. The van der Waals surface area contributed by atoms with Crippen LogP contribution in [-0.2, 0) is 15.6 Å². The number of rotatable bonds is 3. The van der Waals surface area contributed by atoms with E-state index in [9.17, 15) is 12.8 Å². The Hall–Kier alpha value is -1.10. The third-order valence-electron chi connectivity index (χ3n) is 3.86. The Bertz CT molecular complexity index is 557. The normalized spacial score (nSPS) is 24.3. The summed E-state index contributed by atoms with van der Waals surface area (Å²) in [5.74, 6) is -0.421. The fourth-order valence-electron chi connectivity index (χ4n) is 2.75. The van der Waals surface area contributed by atoms with Crippen molar-refractivity contribution >= 4 is 15.5 Å². The van der Waals surface area contributed by atoms with Crippen molar-refractivity contribution in [2.24, 2.45) is 5.92 Å². The predicted molar refractivity (Wildman–Crippen MR) is 74.9 cm³/mol. The highest BCUT2D eigenvalue weighted by Crippen LogP contribution is 2.30. The van der Waals surface area contributed by atoms with Crippen molar-refractivity contribution in [2.45, 2.75) is 43.6 Å². The van der Waals surface area contributed by atoms with E-state index in [1.165, 1.54) is 12.1 Å². The van der Waals surface area contributed by atoms with E-state index in [0.29, 0.717) is 18.8 Å². The first-order chi connectivity index (χ1) is 8.90. The number of sulfone groups is 1. The van der Waals surface area contributed by atoms with Gasteiger partial charge in [0.05, 0.1) is 16.7 Å². The summed E-state index contributed by atoms with van der Waals surface area (Å²) in [4.78, 5) is 0. The molecule has 5 heteroatoms. The monoisotopic (exact) mass is 285 g/mol. The molecule has 1 aromatic carbocycles. The Kier molecular flexibility index (Phi) is 4.13. The second kappa shape index (κ2) is 5.49. The van der Waals surface area contributed by atoms with Crippen LogP contribution in [0.2, 0.25) is 0 Å². The third kappa shape index (κ3) is 3.26. The molecule has 3 nitrogen and oxygen atoms in total. The van der Waals surface area contributed by atoms with Gasteiger partial charge in [0.2, 0.25) is 0 Å². The van der Waals surface area contributed by atoms with Gasteiger partial charge >= 0.3 is 0 Å². The molecule has 19 heavy (non-hydrogen) atoms. The molecular formula is C14H20FNO2S. The molecular weight excluding hydrogens is 265 g/mol. The van der Waals surface area contributed by atoms with Gasteiger partial charge in [0.15, 0.2) is 9.84 Å². The Morgan fingerprint density at radius 3 is 2.79 bits per heavy atom. The standard InChI is InChI=1S/C14H20FNO2S/c1-10-4-2-6-12(8-10)19(17,18)9-11-5-3-7-13(16)14(11)15/h3,5,7,10,12H,2,4,6,8-9,16H2,1H3. The number of benzene rings is 1. The summed E-state index contributed by atoms with van der Waals surface area (Å²) in [5.41, 5.74) is 5.65. The first-order valence-electron chi connectivity index (χ1n) is 6.64. The van der Waals surface area contributed by atoms with Crippen molar-refractivity contribution in [3.05, 3.63) is 29.6 Å². The molecule has 1 aliphatic carbocycles. The van der Waals surface area contributed by atoms with Crippen LogP contribution in [0.25, 0.3) is 0 Å². The van der Waals surface area contributed by atoms with E-state index in [1.54, 1.807) is 6.07 Å². The summed E-state index contributed by atoms with van der Waals surface area (Å²) in [6.45, 7) is 2.07. The molecule has 2 N–H and O–H groups in total. The van der Waals surface area contributed by atoms with E-state index in [0.717, 1.165) is 12.8 Å².